The molecule has 0 spiro atoms. The van der Waals surface area contributed by atoms with Crippen LogP contribution >= 0.6 is 11.8 Å². The summed E-state index contributed by atoms with van der Waals surface area (Å²) >= 11 is 1.74. The Morgan fingerprint density at radius 2 is 2.20 bits per heavy atom. The smallest absolute Gasteiger partial charge is 0.153 e. The van der Waals surface area contributed by atoms with E-state index in [1.165, 1.54) is 4.90 Å². The largest absolute Gasteiger partial charge is 0.476 e. The topological polar surface area (TPSA) is 29.5 Å². The van der Waals surface area contributed by atoms with Gasteiger partial charge in [0.1, 0.15) is 5.75 Å². The second-order valence-corrected chi connectivity index (χ2v) is 6.07. The van der Waals surface area contributed by atoms with Crippen molar-refractivity contribution in [3.63, 3.8) is 0 Å². The van der Waals surface area contributed by atoms with Gasteiger partial charge in [-0.2, -0.15) is 0 Å². The summed E-state index contributed by atoms with van der Waals surface area (Å²) in [6.45, 7) is 5.92. The summed E-state index contributed by atoms with van der Waals surface area (Å²) in [5, 5.41) is 9.31. The first kappa shape index (κ1) is 10.8. The van der Waals surface area contributed by atoms with Gasteiger partial charge in [0.15, 0.2) is 4.93 Å². The molecule has 1 aromatic rings. The lowest BCUT2D eigenvalue weighted by atomic mass is 10.1. The third-order valence-corrected chi connectivity index (χ3v) is 3.38. The first-order chi connectivity index (χ1) is 6.96. The van der Waals surface area contributed by atoms with Crippen LogP contribution in [0.3, 0.4) is 0 Å². The highest BCUT2D eigenvalue weighted by Gasteiger charge is 2.30. The predicted molar refractivity (Wildman–Crippen MR) is 62.4 cm³/mol. The van der Waals surface area contributed by atoms with Gasteiger partial charge in [-0.1, -0.05) is 17.8 Å². The summed E-state index contributed by atoms with van der Waals surface area (Å²) < 4.78 is 5.80. The lowest BCUT2D eigenvalue weighted by Crippen LogP contribution is -2.18. The number of benzene rings is 1. The van der Waals surface area contributed by atoms with Gasteiger partial charge >= 0.3 is 0 Å². The zero-order valence-corrected chi connectivity index (χ0v) is 10.1. The van der Waals surface area contributed by atoms with E-state index in [4.69, 9.17) is 4.74 Å². The molecule has 0 radical (unpaired) electrons. The molecule has 1 N–H and O–H groups in total. The number of hydrogen-bond acceptors (Lipinski definition) is 3. The fraction of sp³-hybridized carbons (Fsp3) is 0.500. The van der Waals surface area contributed by atoms with E-state index in [9.17, 15) is 5.11 Å². The van der Waals surface area contributed by atoms with E-state index in [-0.39, 0.29) is 11.0 Å². The maximum atomic E-state index is 9.31. The third-order valence-electron chi connectivity index (χ3n) is 2.25. The second kappa shape index (κ2) is 3.72. The van der Waals surface area contributed by atoms with Crippen molar-refractivity contribution in [1.82, 2.24) is 0 Å². The minimum absolute atomic E-state index is 0.161. The summed E-state index contributed by atoms with van der Waals surface area (Å²) in [5.41, 5.74) is 1.13. The van der Waals surface area contributed by atoms with Crippen LogP contribution in [-0.2, 0) is 6.42 Å². The minimum Gasteiger partial charge on any atom is -0.476 e. The molecular formula is C12H16O2S. The normalized spacial score (nSPS) is 19.5. The van der Waals surface area contributed by atoms with Crippen LogP contribution in [0.1, 0.15) is 26.3 Å². The molecule has 82 valence electrons. The van der Waals surface area contributed by atoms with Gasteiger partial charge in [0.05, 0.1) is 11.0 Å². The van der Waals surface area contributed by atoms with Gasteiger partial charge in [0.2, 0.25) is 0 Å². The van der Waals surface area contributed by atoms with Crippen molar-refractivity contribution >= 4 is 11.8 Å². The van der Waals surface area contributed by atoms with Crippen molar-refractivity contribution in [2.24, 2.45) is 0 Å². The summed E-state index contributed by atoms with van der Waals surface area (Å²) in [6.07, 6.45) is 0.381. The van der Waals surface area contributed by atoms with Crippen LogP contribution in [0.2, 0.25) is 0 Å². The maximum absolute atomic E-state index is 9.31. The molecule has 2 nitrogen and oxygen atoms in total. The molecule has 0 saturated carbocycles. The van der Waals surface area contributed by atoms with Gasteiger partial charge in [-0.3, -0.25) is 0 Å². The van der Waals surface area contributed by atoms with Crippen molar-refractivity contribution in [3.05, 3.63) is 23.8 Å². The first-order valence-corrected chi connectivity index (χ1v) is 5.97. The van der Waals surface area contributed by atoms with Crippen molar-refractivity contribution < 1.29 is 9.84 Å². The quantitative estimate of drug-likeness (QED) is 0.837. The standard InChI is InChI=1S/C12H16O2S/c1-8(13)6-9-4-5-11-10(7-9)14-12(2,3)15-11/h4-5,7-8,13H,6H2,1-3H3. The SMILES string of the molecule is CC(O)Cc1ccc2c(c1)OC(C)(C)S2. The average Bonchev–Trinajstić information content (AvgIpc) is 2.36. The van der Waals surface area contributed by atoms with E-state index in [0.29, 0.717) is 6.42 Å². The highest BCUT2D eigenvalue weighted by molar-refractivity contribution is 8.00. The average molecular weight is 224 g/mol. The van der Waals surface area contributed by atoms with Crippen LogP contribution < -0.4 is 4.74 Å². The van der Waals surface area contributed by atoms with Gasteiger partial charge in [0.25, 0.3) is 0 Å². The monoisotopic (exact) mass is 224 g/mol. The lowest BCUT2D eigenvalue weighted by molar-refractivity contribution is 0.194. The number of rotatable bonds is 2. The minimum atomic E-state index is -0.301. The van der Waals surface area contributed by atoms with Crippen LogP contribution in [0.5, 0.6) is 5.75 Å². The van der Waals surface area contributed by atoms with Crippen molar-refractivity contribution in [3.8, 4) is 5.75 Å². The molecule has 1 heterocycles. The van der Waals surface area contributed by atoms with Crippen LogP contribution in [0, 0.1) is 0 Å². The molecule has 0 aliphatic carbocycles. The zero-order chi connectivity index (χ0) is 11.1. The highest BCUT2D eigenvalue weighted by Crippen LogP contribution is 2.47. The van der Waals surface area contributed by atoms with Gasteiger partial charge in [-0.05, 0) is 44.9 Å². The highest BCUT2D eigenvalue weighted by atomic mass is 32.2. The molecule has 0 aromatic heterocycles. The molecule has 1 aromatic carbocycles. The molecule has 1 aliphatic rings. The lowest BCUT2D eigenvalue weighted by Gasteiger charge is -2.15. The molecular weight excluding hydrogens is 208 g/mol. The van der Waals surface area contributed by atoms with Crippen LogP contribution in [0.4, 0.5) is 0 Å². The van der Waals surface area contributed by atoms with E-state index in [0.717, 1.165) is 11.3 Å². The Kier molecular flexibility index (Phi) is 2.69. The van der Waals surface area contributed by atoms with Gasteiger partial charge in [-0.15, -0.1) is 0 Å². The molecule has 0 fully saturated rings. The Balaban J connectivity index is 2.23. The Labute approximate surface area is 94.6 Å². The molecule has 0 saturated heterocycles. The van der Waals surface area contributed by atoms with Crippen LogP contribution in [0.25, 0.3) is 0 Å². The van der Waals surface area contributed by atoms with Crippen LogP contribution in [-0.4, -0.2) is 16.1 Å². The molecule has 2 rings (SSSR count). The Morgan fingerprint density at radius 1 is 1.47 bits per heavy atom. The van der Waals surface area contributed by atoms with Gasteiger partial charge in [0, 0.05) is 0 Å². The van der Waals surface area contributed by atoms with E-state index >= 15 is 0 Å². The molecule has 0 bridgehead atoms. The number of aliphatic hydroxyl groups is 1. The van der Waals surface area contributed by atoms with E-state index in [1.807, 2.05) is 6.07 Å². The number of ether oxygens (including phenoxy) is 1. The Hall–Kier alpha value is -0.670. The molecule has 1 unspecified atom stereocenters. The zero-order valence-electron chi connectivity index (χ0n) is 9.28. The van der Waals surface area contributed by atoms with Crippen molar-refractivity contribution in [2.75, 3.05) is 0 Å². The Morgan fingerprint density at radius 3 is 2.87 bits per heavy atom. The molecule has 1 atom stereocenters. The van der Waals surface area contributed by atoms with E-state index < -0.39 is 0 Å². The number of fused-ring (bicyclic) bond motifs is 1. The molecule has 15 heavy (non-hydrogen) atoms. The third kappa shape index (κ3) is 2.47. The fourth-order valence-corrected chi connectivity index (χ4v) is 2.73. The number of aliphatic hydroxyl groups excluding tert-OH is 1. The molecule has 3 heteroatoms. The summed E-state index contributed by atoms with van der Waals surface area (Å²) in [6, 6.07) is 6.17. The first-order valence-electron chi connectivity index (χ1n) is 5.15. The van der Waals surface area contributed by atoms with E-state index in [2.05, 4.69) is 26.0 Å². The van der Waals surface area contributed by atoms with Crippen molar-refractivity contribution in [1.29, 1.82) is 0 Å². The summed E-state index contributed by atoms with van der Waals surface area (Å²) in [5.74, 6) is 0.947. The summed E-state index contributed by atoms with van der Waals surface area (Å²) in [4.78, 5) is 1.03. The van der Waals surface area contributed by atoms with Gasteiger partial charge < -0.3 is 9.84 Å². The molecule has 0 amide bonds. The second-order valence-electron chi connectivity index (χ2n) is 4.44. The Bertz CT molecular complexity index is 372. The van der Waals surface area contributed by atoms with Crippen molar-refractivity contribution in [2.45, 2.75) is 43.1 Å². The van der Waals surface area contributed by atoms with Gasteiger partial charge in [-0.25, -0.2) is 0 Å². The summed E-state index contributed by atoms with van der Waals surface area (Å²) in [7, 11) is 0. The fourth-order valence-electron chi connectivity index (χ4n) is 1.74. The predicted octanol–water partition coefficient (Wildman–Crippen LogP) is 2.83. The van der Waals surface area contributed by atoms with Crippen LogP contribution in [0.15, 0.2) is 23.1 Å². The van der Waals surface area contributed by atoms with E-state index in [1.54, 1.807) is 18.7 Å². The maximum Gasteiger partial charge on any atom is 0.153 e. The number of thioether (sulfide) groups is 1. The number of hydrogen-bond donors (Lipinski definition) is 1. The molecule has 1 aliphatic heterocycles.